The summed E-state index contributed by atoms with van der Waals surface area (Å²) in [5, 5.41) is 11.3. The van der Waals surface area contributed by atoms with Crippen molar-refractivity contribution >= 4 is 5.78 Å². The number of aryl methyl sites for hydroxylation is 1. The monoisotopic (exact) mass is 363 g/mol. The number of nitrogens with zero attached hydrogens (tertiary/aromatic N) is 1. The van der Waals surface area contributed by atoms with Crippen molar-refractivity contribution in [2.45, 2.75) is 44.1 Å². The zero-order valence-electron chi connectivity index (χ0n) is 15.9. The highest BCUT2D eigenvalue weighted by molar-refractivity contribution is 5.91. The van der Waals surface area contributed by atoms with Crippen molar-refractivity contribution in [2.75, 3.05) is 19.6 Å². The van der Waals surface area contributed by atoms with E-state index in [2.05, 4.69) is 41.3 Å². The molecule has 4 rings (SSSR count). The molecule has 1 fully saturated rings. The summed E-state index contributed by atoms with van der Waals surface area (Å²) in [4.78, 5) is 15.7. The molecule has 0 spiro atoms. The third-order valence-electron chi connectivity index (χ3n) is 6.37. The van der Waals surface area contributed by atoms with E-state index in [1.165, 1.54) is 5.56 Å². The van der Waals surface area contributed by atoms with Gasteiger partial charge in [0.2, 0.25) is 0 Å². The predicted octanol–water partition coefficient (Wildman–Crippen LogP) is 3.73. The number of piperidine rings is 1. The summed E-state index contributed by atoms with van der Waals surface area (Å²) in [6.07, 6.45) is 5.18. The van der Waals surface area contributed by atoms with Gasteiger partial charge in [0.15, 0.2) is 5.78 Å². The maximum Gasteiger partial charge on any atom is 0.172 e. The van der Waals surface area contributed by atoms with Gasteiger partial charge in [-0.3, -0.25) is 4.79 Å². The number of rotatable bonds is 5. The molecule has 142 valence electrons. The molecule has 1 heterocycles. The Bertz CT molecular complexity index is 780. The lowest BCUT2D eigenvalue weighted by molar-refractivity contribution is -0.146. The summed E-state index contributed by atoms with van der Waals surface area (Å²) in [5.41, 5.74) is 2.09. The lowest BCUT2D eigenvalue weighted by atomic mass is 9.72. The van der Waals surface area contributed by atoms with Crippen LogP contribution in [0.15, 0.2) is 54.6 Å². The predicted molar refractivity (Wildman–Crippen MR) is 108 cm³/mol. The Morgan fingerprint density at radius 3 is 2.52 bits per heavy atom. The number of likely N-dealkylation sites (tertiary alicyclic amines) is 1. The number of benzene rings is 2. The highest BCUT2D eigenvalue weighted by Gasteiger charge is 2.44. The van der Waals surface area contributed by atoms with Crippen LogP contribution in [0.25, 0.3) is 0 Å². The Kier molecular flexibility index (Phi) is 5.42. The topological polar surface area (TPSA) is 40.5 Å². The molecule has 1 N–H and O–H groups in total. The molecule has 0 bridgehead atoms. The largest absolute Gasteiger partial charge is 0.377 e. The second-order valence-corrected chi connectivity index (χ2v) is 8.09. The zero-order valence-corrected chi connectivity index (χ0v) is 15.9. The van der Waals surface area contributed by atoms with Crippen molar-refractivity contribution in [3.63, 3.8) is 0 Å². The fraction of sp³-hybridized carbons (Fsp3) is 0.458. The second-order valence-electron chi connectivity index (χ2n) is 8.09. The molecule has 2 aromatic carbocycles. The van der Waals surface area contributed by atoms with Crippen LogP contribution in [-0.2, 0) is 23.2 Å². The van der Waals surface area contributed by atoms with Gasteiger partial charge in [-0.15, -0.1) is 0 Å². The van der Waals surface area contributed by atoms with E-state index in [0.29, 0.717) is 6.42 Å². The van der Waals surface area contributed by atoms with Crippen LogP contribution in [-0.4, -0.2) is 35.4 Å². The molecular weight excluding hydrogens is 334 g/mol. The van der Waals surface area contributed by atoms with Crippen molar-refractivity contribution in [1.29, 1.82) is 0 Å². The molecule has 1 aliphatic carbocycles. The molecule has 2 aliphatic rings. The number of Topliss-reactive ketones (excluding diaryl/α,β-unsaturated/α-hetero) is 1. The molecule has 27 heavy (non-hydrogen) atoms. The summed E-state index contributed by atoms with van der Waals surface area (Å²) >= 11 is 0. The average molecular weight is 364 g/mol. The molecule has 0 saturated carbocycles. The number of fused-ring (bicyclic) bond motifs is 1. The molecule has 2 aromatic rings. The van der Waals surface area contributed by atoms with Gasteiger partial charge in [-0.05, 0) is 68.3 Å². The Morgan fingerprint density at radius 2 is 1.74 bits per heavy atom. The van der Waals surface area contributed by atoms with Gasteiger partial charge in [0.25, 0.3) is 0 Å². The number of hydrogen-bond donors (Lipinski definition) is 1. The van der Waals surface area contributed by atoms with Gasteiger partial charge in [0, 0.05) is 12.5 Å². The first kappa shape index (κ1) is 18.4. The number of carbonyl (C=O) groups excluding carboxylic acids is 1. The smallest absolute Gasteiger partial charge is 0.172 e. The van der Waals surface area contributed by atoms with Gasteiger partial charge in [-0.2, -0.15) is 0 Å². The first-order valence-electron chi connectivity index (χ1n) is 10.3. The van der Waals surface area contributed by atoms with Gasteiger partial charge in [0.1, 0.15) is 5.60 Å². The van der Waals surface area contributed by atoms with E-state index in [4.69, 9.17) is 0 Å². The highest BCUT2D eigenvalue weighted by Crippen LogP contribution is 2.39. The second kappa shape index (κ2) is 7.95. The first-order chi connectivity index (χ1) is 13.2. The van der Waals surface area contributed by atoms with Crippen molar-refractivity contribution in [1.82, 2.24) is 4.90 Å². The van der Waals surface area contributed by atoms with E-state index in [1.807, 2.05) is 18.2 Å². The molecule has 1 atom stereocenters. The van der Waals surface area contributed by atoms with Crippen LogP contribution < -0.4 is 0 Å². The van der Waals surface area contributed by atoms with E-state index in [1.54, 1.807) is 0 Å². The zero-order chi connectivity index (χ0) is 18.7. The molecule has 3 heteroatoms. The Hall–Kier alpha value is -1.97. The van der Waals surface area contributed by atoms with Crippen LogP contribution in [0.2, 0.25) is 0 Å². The standard InChI is InChI=1S/C24H29NO2/c26-23(24(27)15-6-10-20-9-4-5-11-22(20)24)21-13-17-25(18-14-21)16-12-19-7-2-1-3-8-19/h1-5,7-9,11,21,27H,6,10,12-18H2. The van der Waals surface area contributed by atoms with Crippen LogP contribution in [0.1, 0.15) is 42.4 Å². The quantitative estimate of drug-likeness (QED) is 0.880. The lowest BCUT2D eigenvalue weighted by Crippen LogP contribution is -2.46. The van der Waals surface area contributed by atoms with E-state index < -0.39 is 5.60 Å². The summed E-state index contributed by atoms with van der Waals surface area (Å²) in [5.74, 6) is 0.0338. The minimum atomic E-state index is -1.27. The van der Waals surface area contributed by atoms with Crippen LogP contribution >= 0.6 is 0 Å². The minimum Gasteiger partial charge on any atom is -0.377 e. The number of carbonyl (C=O) groups is 1. The summed E-state index contributed by atoms with van der Waals surface area (Å²) in [6, 6.07) is 18.5. The van der Waals surface area contributed by atoms with Gasteiger partial charge in [0.05, 0.1) is 0 Å². The maximum absolute atomic E-state index is 13.3. The van der Waals surface area contributed by atoms with Gasteiger partial charge in [-0.1, -0.05) is 54.6 Å². The molecule has 0 aromatic heterocycles. The van der Waals surface area contributed by atoms with E-state index >= 15 is 0 Å². The van der Waals surface area contributed by atoms with Gasteiger partial charge >= 0.3 is 0 Å². The molecular formula is C24H29NO2. The first-order valence-corrected chi connectivity index (χ1v) is 10.3. The summed E-state index contributed by atoms with van der Waals surface area (Å²) < 4.78 is 0. The van der Waals surface area contributed by atoms with Gasteiger partial charge in [-0.25, -0.2) is 0 Å². The Morgan fingerprint density at radius 1 is 1.04 bits per heavy atom. The maximum atomic E-state index is 13.3. The third kappa shape index (κ3) is 3.85. The third-order valence-corrected chi connectivity index (χ3v) is 6.37. The van der Waals surface area contributed by atoms with Crippen LogP contribution in [0.4, 0.5) is 0 Å². The summed E-state index contributed by atoms with van der Waals surface area (Å²) in [6.45, 7) is 2.93. The van der Waals surface area contributed by atoms with E-state index in [0.717, 1.165) is 62.9 Å². The van der Waals surface area contributed by atoms with Crippen molar-refractivity contribution in [2.24, 2.45) is 5.92 Å². The number of ketones is 1. The van der Waals surface area contributed by atoms with Crippen LogP contribution in [0, 0.1) is 5.92 Å². The average Bonchev–Trinajstić information content (AvgIpc) is 2.73. The molecule has 3 nitrogen and oxygen atoms in total. The molecule has 1 saturated heterocycles. The van der Waals surface area contributed by atoms with Crippen molar-refractivity contribution in [3.05, 3.63) is 71.3 Å². The lowest BCUT2D eigenvalue weighted by Gasteiger charge is -2.38. The van der Waals surface area contributed by atoms with Crippen LogP contribution in [0.3, 0.4) is 0 Å². The fourth-order valence-electron chi connectivity index (χ4n) is 4.76. The Balaban J connectivity index is 1.36. The minimum absolute atomic E-state index is 0.0193. The molecule has 1 aliphatic heterocycles. The molecule has 0 amide bonds. The van der Waals surface area contributed by atoms with Crippen molar-refractivity contribution < 1.29 is 9.90 Å². The highest BCUT2D eigenvalue weighted by atomic mass is 16.3. The molecule has 0 radical (unpaired) electrons. The number of hydrogen-bond acceptors (Lipinski definition) is 3. The molecule has 1 unspecified atom stereocenters. The Labute approximate surface area is 162 Å². The van der Waals surface area contributed by atoms with E-state index in [-0.39, 0.29) is 11.7 Å². The fourth-order valence-corrected chi connectivity index (χ4v) is 4.76. The summed E-state index contributed by atoms with van der Waals surface area (Å²) in [7, 11) is 0. The SMILES string of the molecule is O=C(C1CCN(CCc2ccccc2)CC1)C1(O)CCCc2ccccc21. The number of aliphatic hydroxyl groups is 1. The van der Waals surface area contributed by atoms with Gasteiger partial charge < -0.3 is 10.0 Å². The van der Waals surface area contributed by atoms with E-state index in [9.17, 15) is 9.90 Å². The van der Waals surface area contributed by atoms with Crippen molar-refractivity contribution in [3.8, 4) is 0 Å². The van der Waals surface area contributed by atoms with Crippen LogP contribution in [0.5, 0.6) is 0 Å². The normalized spacial score (nSPS) is 23.7.